The van der Waals surface area contributed by atoms with Crippen molar-refractivity contribution in [2.24, 2.45) is 0 Å². The second-order valence-electron chi connectivity index (χ2n) is 4.31. The molecule has 0 atom stereocenters. The van der Waals surface area contributed by atoms with E-state index < -0.39 is 0 Å². The number of aromatic amines is 1. The van der Waals surface area contributed by atoms with Crippen LogP contribution in [0.4, 0.5) is 0 Å². The third-order valence-electron chi connectivity index (χ3n) is 2.80. The van der Waals surface area contributed by atoms with Gasteiger partial charge in [0.25, 0.3) is 5.91 Å². The molecule has 0 aliphatic carbocycles. The summed E-state index contributed by atoms with van der Waals surface area (Å²) in [5.74, 6) is -0.352. The monoisotopic (exact) mass is 289 g/mol. The van der Waals surface area contributed by atoms with E-state index in [-0.39, 0.29) is 5.91 Å². The molecule has 20 heavy (non-hydrogen) atoms. The Labute approximate surface area is 118 Å². The normalized spacial score (nSPS) is 10.9. The van der Waals surface area contributed by atoms with Crippen molar-refractivity contribution in [3.8, 4) is 0 Å². The van der Waals surface area contributed by atoms with Gasteiger partial charge >= 0.3 is 0 Å². The molecule has 0 unspecified atom stereocenters. The maximum Gasteiger partial charge on any atom is 0.275 e. The van der Waals surface area contributed by atoms with Crippen LogP contribution in [0.15, 0.2) is 18.6 Å². The molecule has 3 rings (SSSR count). The third kappa shape index (κ3) is 1.97. The minimum Gasteiger partial charge on any atom is -0.267 e. The molecule has 0 fully saturated rings. The van der Waals surface area contributed by atoms with Gasteiger partial charge in [0.1, 0.15) is 11.9 Å². The topological polar surface area (TPSA) is 92.9 Å². The first-order chi connectivity index (χ1) is 9.56. The minimum atomic E-state index is -0.352. The molecule has 2 N–H and O–H groups in total. The lowest BCUT2D eigenvalue weighted by molar-refractivity contribution is 0.101. The average Bonchev–Trinajstić information content (AvgIpc) is 2.96. The summed E-state index contributed by atoms with van der Waals surface area (Å²) in [6.07, 6.45) is 2.86. The van der Waals surface area contributed by atoms with Gasteiger partial charge in [-0.15, -0.1) is 0 Å². The van der Waals surface area contributed by atoms with Gasteiger partial charge in [0, 0.05) is 11.4 Å². The van der Waals surface area contributed by atoms with Crippen molar-refractivity contribution in [3.05, 3.63) is 40.3 Å². The largest absolute Gasteiger partial charge is 0.275 e. The Kier molecular flexibility index (Phi) is 2.83. The smallest absolute Gasteiger partial charge is 0.267 e. The van der Waals surface area contributed by atoms with Crippen LogP contribution in [0.1, 0.15) is 21.7 Å². The number of hydrogen-bond donors (Lipinski definition) is 2. The van der Waals surface area contributed by atoms with E-state index >= 15 is 0 Å². The van der Waals surface area contributed by atoms with Crippen molar-refractivity contribution in [1.29, 1.82) is 0 Å². The molecule has 0 saturated carbocycles. The molecule has 0 aromatic carbocycles. The van der Waals surface area contributed by atoms with Gasteiger partial charge in [-0.25, -0.2) is 14.2 Å². The summed E-state index contributed by atoms with van der Waals surface area (Å²) in [6, 6.07) is 1.90. The van der Waals surface area contributed by atoms with E-state index in [1.807, 2.05) is 19.9 Å². The molecule has 0 aliphatic rings. The molecule has 0 aliphatic heterocycles. The molecular weight excluding hydrogens is 278 g/mol. The molecule has 1 amide bonds. The molecular formula is C11H11N7OS. The van der Waals surface area contributed by atoms with Crippen LogP contribution in [-0.4, -0.2) is 35.4 Å². The third-order valence-corrected chi connectivity index (χ3v) is 3.08. The zero-order valence-corrected chi connectivity index (χ0v) is 11.6. The highest BCUT2D eigenvalue weighted by atomic mass is 32.1. The van der Waals surface area contributed by atoms with Gasteiger partial charge in [0.05, 0.1) is 6.20 Å². The fourth-order valence-electron chi connectivity index (χ4n) is 1.93. The van der Waals surface area contributed by atoms with E-state index in [0.29, 0.717) is 16.0 Å². The van der Waals surface area contributed by atoms with E-state index in [1.54, 1.807) is 4.52 Å². The molecule has 8 nitrogen and oxygen atoms in total. The average molecular weight is 289 g/mol. The van der Waals surface area contributed by atoms with Gasteiger partial charge in [-0.2, -0.15) is 10.2 Å². The van der Waals surface area contributed by atoms with E-state index in [2.05, 4.69) is 25.7 Å². The first kappa shape index (κ1) is 12.5. The number of carbonyl (C=O) groups excluding carboxylic acids is 1. The fraction of sp³-hybridized carbons (Fsp3) is 0.182. The fourth-order valence-corrected chi connectivity index (χ4v) is 2.07. The number of H-pyrrole nitrogens is 1. The highest BCUT2D eigenvalue weighted by molar-refractivity contribution is 7.71. The maximum atomic E-state index is 12.2. The Morgan fingerprint density at radius 1 is 1.45 bits per heavy atom. The van der Waals surface area contributed by atoms with Crippen LogP contribution in [0.25, 0.3) is 5.65 Å². The van der Waals surface area contributed by atoms with Crippen LogP contribution in [0, 0.1) is 18.6 Å². The predicted molar refractivity (Wildman–Crippen MR) is 73.6 cm³/mol. The first-order valence-electron chi connectivity index (χ1n) is 5.81. The van der Waals surface area contributed by atoms with Crippen LogP contribution in [0.3, 0.4) is 0 Å². The maximum absolute atomic E-state index is 12.2. The highest BCUT2D eigenvalue weighted by Gasteiger charge is 2.15. The SMILES string of the molecule is Cc1cc(C)n2ncc(C(=O)Nn3cn[nH]c3=S)c2n1. The summed E-state index contributed by atoms with van der Waals surface area (Å²) in [6.45, 7) is 3.77. The highest BCUT2D eigenvalue weighted by Crippen LogP contribution is 2.12. The summed E-state index contributed by atoms with van der Waals surface area (Å²) in [7, 11) is 0. The lowest BCUT2D eigenvalue weighted by atomic mass is 10.3. The Hall–Kier alpha value is -2.55. The zero-order chi connectivity index (χ0) is 14.3. The van der Waals surface area contributed by atoms with Gasteiger partial charge in [-0.05, 0) is 32.1 Å². The van der Waals surface area contributed by atoms with E-state index in [0.717, 1.165) is 11.4 Å². The van der Waals surface area contributed by atoms with Crippen molar-refractivity contribution >= 4 is 23.8 Å². The molecule has 0 spiro atoms. The number of nitrogens with one attached hydrogen (secondary N) is 2. The van der Waals surface area contributed by atoms with E-state index in [4.69, 9.17) is 12.2 Å². The number of rotatable bonds is 2. The van der Waals surface area contributed by atoms with Gasteiger partial charge in [-0.1, -0.05) is 0 Å². The molecule has 9 heteroatoms. The number of hydrogen-bond acceptors (Lipinski definition) is 5. The number of carbonyl (C=O) groups is 1. The number of fused-ring (bicyclic) bond motifs is 1. The second kappa shape index (κ2) is 4.53. The van der Waals surface area contributed by atoms with Crippen molar-refractivity contribution in [2.75, 3.05) is 5.43 Å². The lowest BCUT2D eigenvalue weighted by Gasteiger charge is -2.04. The van der Waals surface area contributed by atoms with Crippen molar-refractivity contribution in [3.63, 3.8) is 0 Å². The van der Waals surface area contributed by atoms with Crippen LogP contribution < -0.4 is 5.43 Å². The van der Waals surface area contributed by atoms with E-state index in [1.165, 1.54) is 17.2 Å². The number of aryl methyl sites for hydroxylation is 2. The summed E-state index contributed by atoms with van der Waals surface area (Å²) < 4.78 is 3.25. The van der Waals surface area contributed by atoms with Crippen molar-refractivity contribution < 1.29 is 4.79 Å². The summed E-state index contributed by atoms with van der Waals surface area (Å²) >= 11 is 4.96. The summed E-state index contributed by atoms with van der Waals surface area (Å²) in [5.41, 5.74) is 5.23. The molecule has 0 bridgehead atoms. The number of aromatic nitrogens is 6. The van der Waals surface area contributed by atoms with Crippen LogP contribution in [-0.2, 0) is 0 Å². The van der Waals surface area contributed by atoms with Gasteiger partial charge in [0.15, 0.2) is 5.65 Å². The molecule has 0 radical (unpaired) electrons. The Morgan fingerprint density at radius 2 is 2.25 bits per heavy atom. The van der Waals surface area contributed by atoms with Gasteiger partial charge < -0.3 is 0 Å². The molecule has 3 aromatic heterocycles. The van der Waals surface area contributed by atoms with Gasteiger partial charge in [0.2, 0.25) is 4.77 Å². The Morgan fingerprint density at radius 3 is 2.95 bits per heavy atom. The molecule has 0 saturated heterocycles. The molecule has 3 aromatic rings. The Bertz CT molecular complexity index is 859. The van der Waals surface area contributed by atoms with E-state index in [9.17, 15) is 4.79 Å². The first-order valence-corrected chi connectivity index (χ1v) is 6.22. The lowest BCUT2D eigenvalue weighted by Crippen LogP contribution is -2.22. The standard InChI is InChI=1S/C11H11N7OS/c1-6-3-7(2)18-9(14-6)8(4-13-18)10(19)16-17-5-12-15-11(17)20/h3-5H,1-2H3,(H,15,20)(H,16,19). The minimum absolute atomic E-state index is 0.301. The Balaban J connectivity index is 2.04. The van der Waals surface area contributed by atoms with Crippen molar-refractivity contribution in [2.45, 2.75) is 13.8 Å². The predicted octanol–water partition coefficient (Wildman–Crippen LogP) is 0.984. The molecule has 3 heterocycles. The van der Waals surface area contributed by atoms with Crippen LogP contribution in [0.5, 0.6) is 0 Å². The number of amides is 1. The molecule has 102 valence electrons. The van der Waals surface area contributed by atoms with Gasteiger partial charge in [-0.3, -0.25) is 15.3 Å². The van der Waals surface area contributed by atoms with Crippen molar-refractivity contribution in [1.82, 2.24) is 29.5 Å². The summed E-state index contributed by atoms with van der Waals surface area (Å²) in [5, 5.41) is 10.4. The van der Waals surface area contributed by atoms with Crippen LogP contribution >= 0.6 is 12.2 Å². The second-order valence-corrected chi connectivity index (χ2v) is 4.69. The van der Waals surface area contributed by atoms with Crippen LogP contribution in [0.2, 0.25) is 0 Å². The summed E-state index contributed by atoms with van der Waals surface area (Å²) in [4.78, 5) is 16.6. The number of nitrogens with zero attached hydrogens (tertiary/aromatic N) is 5. The zero-order valence-electron chi connectivity index (χ0n) is 10.8. The quantitative estimate of drug-likeness (QED) is 0.686.